The van der Waals surface area contributed by atoms with Crippen LogP contribution in [0.1, 0.15) is 10.4 Å². The summed E-state index contributed by atoms with van der Waals surface area (Å²) in [6.45, 7) is -3.03. The summed E-state index contributed by atoms with van der Waals surface area (Å²) in [5.41, 5.74) is 0.113. The molecule has 1 aromatic heterocycles. The van der Waals surface area contributed by atoms with Gasteiger partial charge in [0.25, 0.3) is 5.91 Å². The lowest BCUT2D eigenvalue weighted by atomic mass is 10.2. The van der Waals surface area contributed by atoms with Gasteiger partial charge in [-0.05, 0) is 48.5 Å². The Hall–Kier alpha value is -4.41. The molecule has 0 saturated carbocycles. The van der Waals surface area contributed by atoms with Crippen molar-refractivity contribution in [2.24, 2.45) is 0 Å². The van der Waals surface area contributed by atoms with E-state index in [1.807, 2.05) is 0 Å². The van der Waals surface area contributed by atoms with Gasteiger partial charge in [-0.2, -0.15) is 8.78 Å². The van der Waals surface area contributed by atoms with E-state index < -0.39 is 35.7 Å². The molecule has 11 heteroatoms. The molecule has 35 heavy (non-hydrogen) atoms. The van der Waals surface area contributed by atoms with Gasteiger partial charge in [0.15, 0.2) is 11.6 Å². The molecule has 0 saturated heterocycles. The highest BCUT2D eigenvalue weighted by Crippen LogP contribution is 2.30. The van der Waals surface area contributed by atoms with E-state index in [-0.39, 0.29) is 28.7 Å². The zero-order valence-corrected chi connectivity index (χ0v) is 17.9. The van der Waals surface area contributed by atoms with E-state index in [0.29, 0.717) is 5.56 Å². The molecule has 0 fully saturated rings. The van der Waals surface area contributed by atoms with Crippen LogP contribution in [-0.2, 0) is 0 Å². The van der Waals surface area contributed by atoms with Crippen molar-refractivity contribution in [3.05, 3.63) is 89.9 Å². The lowest BCUT2D eigenvalue weighted by Crippen LogP contribution is -2.16. The van der Waals surface area contributed by atoms with Crippen LogP contribution in [0.3, 0.4) is 0 Å². The van der Waals surface area contributed by atoms with Crippen LogP contribution in [-0.4, -0.2) is 29.2 Å². The van der Waals surface area contributed by atoms with Gasteiger partial charge in [0, 0.05) is 29.5 Å². The minimum atomic E-state index is -3.03. The lowest BCUT2D eigenvalue weighted by molar-refractivity contribution is -0.0498. The van der Waals surface area contributed by atoms with Crippen LogP contribution in [0.25, 0.3) is 16.9 Å². The average molecular weight is 489 g/mol. The Morgan fingerprint density at radius 3 is 2.14 bits per heavy atom. The van der Waals surface area contributed by atoms with E-state index in [1.54, 1.807) is 0 Å². The largest absolute Gasteiger partial charge is 0.497 e. The summed E-state index contributed by atoms with van der Waals surface area (Å²) in [5, 5.41) is 2.46. The number of halogens is 5. The van der Waals surface area contributed by atoms with Crippen molar-refractivity contribution in [2.75, 3.05) is 12.4 Å². The van der Waals surface area contributed by atoms with Gasteiger partial charge in [-0.3, -0.25) is 14.7 Å². The van der Waals surface area contributed by atoms with Gasteiger partial charge in [0.05, 0.1) is 12.8 Å². The summed E-state index contributed by atoms with van der Waals surface area (Å²) in [6.07, 6.45) is 1.27. The Kier molecular flexibility index (Phi) is 6.67. The second-order valence-corrected chi connectivity index (χ2v) is 7.12. The number of ether oxygens (including phenoxy) is 2. The first-order valence-electron chi connectivity index (χ1n) is 10.00. The summed E-state index contributed by atoms with van der Waals surface area (Å²) in [4.78, 5) is 17.0. The van der Waals surface area contributed by atoms with E-state index in [0.717, 1.165) is 16.7 Å². The fraction of sp³-hybridized carbons (Fsp3) is 0.0833. The van der Waals surface area contributed by atoms with Crippen molar-refractivity contribution in [3.8, 4) is 28.4 Å². The normalized spacial score (nSPS) is 10.9. The summed E-state index contributed by atoms with van der Waals surface area (Å²) in [7, 11) is 1.25. The number of benzene rings is 3. The van der Waals surface area contributed by atoms with Gasteiger partial charge in [0.1, 0.15) is 23.0 Å². The second-order valence-electron chi connectivity index (χ2n) is 7.12. The molecule has 6 nitrogen and oxygen atoms in total. The number of carbonyl (C=O) groups is 1. The number of rotatable bonds is 7. The van der Waals surface area contributed by atoms with Gasteiger partial charge >= 0.3 is 6.61 Å². The monoisotopic (exact) mass is 489 g/mol. The standard InChI is InChI=1S/C24H16F5N3O3/c1-34-17-10-18(26)21(19(27)11-17)32-12-20(13-2-6-15(25)7-3-13)30-24(32)31-22(33)14-4-8-16(9-5-14)35-23(28)29/h2-12,23H,1H3,(H,30,31,33). The first kappa shape index (κ1) is 23.7. The first-order valence-corrected chi connectivity index (χ1v) is 10.00. The van der Waals surface area contributed by atoms with E-state index >= 15 is 0 Å². The number of nitrogens with zero attached hydrogens (tertiary/aromatic N) is 2. The third kappa shape index (κ3) is 5.24. The predicted molar refractivity (Wildman–Crippen MR) is 116 cm³/mol. The molecule has 1 N–H and O–H groups in total. The molecule has 180 valence electrons. The summed E-state index contributed by atoms with van der Waals surface area (Å²) in [5.74, 6) is -3.67. The van der Waals surface area contributed by atoms with Crippen molar-refractivity contribution in [3.63, 3.8) is 0 Å². The minimum absolute atomic E-state index is 0.0418. The Morgan fingerprint density at radius 2 is 1.57 bits per heavy atom. The fourth-order valence-corrected chi connectivity index (χ4v) is 3.25. The van der Waals surface area contributed by atoms with Crippen molar-refractivity contribution < 1.29 is 36.2 Å². The molecule has 0 aliphatic heterocycles. The smallest absolute Gasteiger partial charge is 0.387 e. The number of nitrogens with one attached hydrogen (secondary N) is 1. The van der Waals surface area contributed by atoms with E-state index in [4.69, 9.17) is 4.74 Å². The molecule has 1 amide bonds. The Bertz CT molecular complexity index is 1330. The van der Waals surface area contributed by atoms with E-state index in [9.17, 15) is 26.7 Å². The predicted octanol–water partition coefficient (Wildman–Crippen LogP) is 5.82. The maximum absolute atomic E-state index is 14.8. The first-order chi connectivity index (χ1) is 16.7. The molecular formula is C24H16F5N3O3. The van der Waals surface area contributed by atoms with Crippen LogP contribution >= 0.6 is 0 Å². The topological polar surface area (TPSA) is 65.4 Å². The molecule has 3 aromatic carbocycles. The van der Waals surface area contributed by atoms with Crippen LogP contribution in [0.4, 0.5) is 27.9 Å². The maximum atomic E-state index is 14.8. The highest BCUT2D eigenvalue weighted by molar-refractivity contribution is 6.03. The molecule has 0 bridgehead atoms. The summed E-state index contributed by atoms with van der Waals surface area (Å²) in [6, 6.07) is 11.9. The molecule has 1 heterocycles. The maximum Gasteiger partial charge on any atom is 0.387 e. The van der Waals surface area contributed by atoms with Crippen LogP contribution in [0.15, 0.2) is 66.9 Å². The summed E-state index contributed by atoms with van der Waals surface area (Å²) >= 11 is 0. The van der Waals surface area contributed by atoms with Gasteiger partial charge in [-0.1, -0.05) is 0 Å². The van der Waals surface area contributed by atoms with Gasteiger partial charge in [0.2, 0.25) is 5.95 Å². The highest BCUT2D eigenvalue weighted by Gasteiger charge is 2.21. The van der Waals surface area contributed by atoms with Crippen molar-refractivity contribution in [1.82, 2.24) is 9.55 Å². The Morgan fingerprint density at radius 1 is 0.943 bits per heavy atom. The van der Waals surface area contributed by atoms with Crippen LogP contribution in [0, 0.1) is 17.5 Å². The molecule has 0 spiro atoms. The number of alkyl halides is 2. The van der Waals surface area contributed by atoms with Crippen LogP contribution in [0.2, 0.25) is 0 Å². The SMILES string of the molecule is COc1cc(F)c(-n2cc(-c3ccc(F)cc3)nc2NC(=O)c2ccc(OC(F)F)cc2)c(F)c1. The molecule has 4 aromatic rings. The van der Waals surface area contributed by atoms with Crippen LogP contribution in [0.5, 0.6) is 11.5 Å². The van der Waals surface area contributed by atoms with Gasteiger partial charge < -0.3 is 9.47 Å². The second kappa shape index (κ2) is 9.84. The minimum Gasteiger partial charge on any atom is -0.497 e. The van der Waals surface area contributed by atoms with Crippen LogP contribution < -0.4 is 14.8 Å². The zero-order valence-electron chi connectivity index (χ0n) is 17.9. The third-order valence-corrected chi connectivity index (χ3v) is 4.88. The van der Waals surface area contributed by atoms with Gasteiger partial charge in [-0.25, -0.2) is 18.2 Å². The Balaban J connectivity index is 1.74. The number of hydrogen-bond donors (Lipinski definition) is 1. The third-order valence-electron chi connectivity index (χ3n) is 4.88. The molecular weight excluding hydrogens is 473 g/mol. The Labute approximate surface area is 195 Å². The summed E-state index contributed by atoms with van der Waals surface area (Å²) < 4.78 is 77.8. The van der Waals surface area contributed by atoms with E-state index in [2.05, 4.69) is 15.0 Å². The fourth-order valence-electron chi connectivity index (χ4n) is 3.25. The number of imidazole rings is 1. The highest BCUT2D eigenvalue weighted by atomic mass is 19.3. The van der Waals surface area contributed by atoms with E-state index in [1.165, 1.54) is 61.8 Å². The molecule has 0 unspecified atom stereocenters. The lowest BCUT2D eigenvalue weighted by Gasteiger charge is -2.12. The number of aromatic nitrogens is 2. The molecule has 0 aliphatic rings. The van der Waals surface area contributed by atoms with Gasteiger partial charge in [-0.15, -0.1) is 0 Å². The number of amides is 1. The molecule has 4 rings (SSSR count). The molecule has 0 aliphatic carbocycles. The van der Waals surface area contributed by atoms with Crippen molar-refractivity contribution >= 4 is 11.9 Å². The number of carbonyl (C=O) groups excluding carboxylic acids is 1. The van der Waals surface area contributed by atoms with Crippen molar-refractivity contribution in [1.29, 1.82) is 0 Å². The quantitative estimate of drug-likeness (QED) is 0.333. The molecule has 0 radical (unpaired) electrons. The number of methoxy groups -OCH3 is 1. The number of hydrogen-bond acceptors (Lipinski definition) is 4. The zero-order chi connectivity index (χ0) is 25.1. The average Bonchev–Trinajstić information content (AvgIpc) is 3.22. The van der Waals surface area contributed by atoms with Crippen molar-refractivity contribution in [2.45, 2.75) is 6.61 Å². The molecule has 0 atom stereocenters. The number of anilines is 1.